The van der Waals surface area contributed by atoms with Crippen molar-refractivity contribution in [2.24, 2.45) is 7.05 Å². The minimum atomic E-state index is -4.39. The number of anilines is 1. The molecule has 0 atom stereocenters. The zero-order valence-electron chi connectivity index (χ0n) is 6.61. The van der Waals surface area contributed by atoms with Gasteiger partial charge in [0.1, 0.15) is 0 Å². The molecule has 0 amide bonds. The maximum atomic E-state index is 12.1. The molecule has 0 spiro atoms. The van der Waals surface area contributed by atoms with Crippen LogP contribution in [-0.2, 0) is 13.2 Å². The maximum absolute atomic E-state index is 12.1. The van der Waals surface area contributed by atoms with Gasteiger partial charge in [0.25, 0.3) is 0 Å². The lowest BCUT2D eigenvalue weighted by molar-refractivity contribution is -0.140. The fraction of sp³-hybridized carbons (Fsp3) is 0.500. The molecular formula is C6H8F3N3. The number of rotatable bonds is 1. The number of alkyl halides is 3. The van der Waals surface area contributed by atoms with E-state index in [1.807, 2.05) is 0 Å². The lowest BCUT2D eigenvalue weighted by Gasteiger charge is -2.04. The van der Waals surface area contributed by atoms with E-state index in [2.05, 4.69) is 10.4 Å². The Labute approximate surface area is 67.2 Å². The second-order valence-corrected chi connectivity index (χ2v) is 2.31. The molecular weight excluding hydrogens is 171 g/mol. The van der Waals surface area contributed by atoms with Crippen LogP contribution in [0.5, 0.6) is 0 Å². The van der Waals surface area contributed by atoms with Crippen molar-refractivity contribution < 1.29 is 13.2 Å². The lowest BCUT2D eigenvalue weighted by Crippen LogP contribution is -2.09. The molecule has 0 unspecified atom stereocenters. The van der Waals surface area contributed by atoms with E-state index in [0.717, 1.165) is 4.68 Å². The Kier molecular flexibility index (Phi) is 1.99. The molecule has 0 aliphatic heterocycles. The molecule has 1 heterocycles. The zero-order chi connectivity index (χ0) is 9.35. The van der Waals surface area contributed by atoms with Gasteiger partial charge in [0.15, 0.2) is 5.69 Å². The molecule has 68 valence electrons. The third kappa shape index (κ3) is 1.51. The fourth-order valence-electron chi connectivity index (χ4n) is 0.881. The summed E-state index contributed by atoms with van der Waals surface area (Å²) in [4.78, 5) is 0. The van der Waals surface area contributed by atoms with Crippen LogP contribution in [0, 0.1) is 0 Å². The molecule has 3 nitrogen and oxygen atoms in total. The van der Waals surface area contributed by atoms with E-state index >= 15 is 0 Å². The Morgan fingerprint density at radius 3 is 2.42 bits per heavy atom. The van der Waals surface area contributed by atoms with E-state index in [1.165, 1.54) is 20.3 Å². The lowest BCUT2D eigenvalue weighted by atomic mass is 10.3. The van der Waals surface area contributed by atoms with Gasteiger partial charge in [-0.3, -0.25) is 4.68 Å². The first-order chi connectivity index (χ1) is 5.45. The Bertz CT molecular complexity index is 276. The summed E-state index contributed by atoms with van der Waals surface area (Å²) in [7, 11) is 2.86. The summed E-state index contributed by atoms with van der Waals surface area (Å²) in [5.74, 6) is 0. The quantitative estimate of drug-likeness (QED) is 0.707. The third-order valence-electron chi connectivity index (χ3n) is 1.37. The Balaban J connectivity index is 3.13. The third-order valence-corrected chi connectivity index (χ3v) is 1.37. The second kappa shape index (κ2) is 2.69. The monoisotopic (exact) mass is 179 g/mol. The predicted octanol–water partition coefficient (Wildman–Crippen LogP) is 1.48. The molecule has 0 radical (unpaired) electrons. The largest absolute Gasteiger partial charge is 0.437 e. The molecule has 0 fully saturated rings. The highest BCUT2D eigenvalue weighted by atomic mass is 19.4. The number of hydrogen-bond donors (Lipinski definition) is 1. The van der Waals surface area contributed by atoms with Crippen molar-refractivity contribution >= 4 is 5.69 Å². The molecule has 1 N–H and O–H groups in total. The number of aryl methyl sites for hydroxylation is 1. The summed E-state index contributed by atoms with van der Waals surface area (Å²) in [5, 5.41) is 5.70. The van der Waals surface area contributed by atoms with Crippen LogP contribution in [0.3, 0.4) is 0 Å². The molecule has 0 bridgehead atoms. The van der Waals surface area contributed by atoms with Crippen LogP contribution in [0.2, 0.25) is 0 Å². The highest BCUT2D eigenvalue weighted by Crippen LogP contribution is 2.32. The van der Waals surface area contributed by atoms with Gasteiger partial charge in [-0.1, -0.05) is 0 Å². The molecule has 1 aromatic rings. The van der Waals surface area contributed by atoms with Crippen molar-refractivity contribution in [3.05, 3.63) is 11.9 Å². The van der Waals surface area contributed by atoms with Crippen LogP contribution in [-0.4, -0.2) is 16.8 Å². The second-order valence-electron chi connectivity index (χ2n) is 2.31. The van der Waals surface area contributed by atoms with Gasteiger partial charge in [-0.2, -0.15) is 18.3 Å². The summed E-state index contributed by atoms with van der Waals surface area (Å²) in [6.45, 7) is 0. The van der Waals surface area contributed by atoms with Crippen LogP contribution in [0.4, 0.5) is 18.9 Å². The average molecular weight is 179 g/mol. The molecule has 0 saturated carbocycles. The molecule has 0 saturated heterocycles. The van der Waals surface area contributed by atoms with Crippen LogP contribution < -0.4 is 5.32 Å². The van der Waals surface area contributed by atoms with Crippen molar-refractivity contribution in [2.75, 3.05) is 12.4 Å². The van der Waals surface area contributed by atoms with E-state index < -0.39 is 11.9 Å². The van der Waals surface area contributed by atoms with Gasteiger partial charge in [0.2, 0.25) is 0 Å². The van der Waals surface area contributed by atoms with Gasteiger partial charge in [-0.05, 0) is 0 Å². The van der Waals surface area contributed by atoms with E-state index in [9.17, 15) is 13.2 Å². The Morgan fingerprint density at radius 2 is 2.08 bits per heavy atom. The maximum Gasteiger partial charge on any atom is 0.437 e. The summed E-state index contributed by atoms with van der Waals surface area (Å²) >= 11 is 0. The minimum Gasteiger partial charge on any atom is -0.385 e. The van der Waals surface area contributed by atoms with Gasteiger partial charge in [-0.25, -0.2) is 0 Å². The van der Waals surface area contributed by atoms with Crippen molar-refractivity contribution in [1.82, 2.24) is 9.78 Å². The van der Waals surface area contributed by atoms with Crippen LogP contribution in [0.25, 0.3) is 0 Å². The highest BCUT2D eigenvalue weighted by Gasteiger charge is 2.36. The van der Waals surface area contributed by atoms with Crippen LogP contribution in [0.15, 0.2) is 6.20 Å². The fourth-order valence-corrected chi connectivity index (χ4v) is 0.881. The van der Waals surface area contributed by atoms with Crippen LogP contribution >= 0.6 is 0 Å². The minimum absolute atomic E-state index is 0.00926. The molecule has 12 heavy (non-hydrogen) atoms. The van der Waals surface area contributed by atoms with Crippen molar-refractivity contribution in [3.63, 3.8) is 0 Å². The Hall–Kier alpha value is -1.20. The van der Waals surface area contributed by atoms with Crippen molar-refractivity contribution in [1.29, 1.82) is 0 Å². The Morgan fingerprint density at radius 1 is 1.50 bits per heavy atom. The number of nitrogens with one attached hydrogen (secondary N) is 1. The van der Waals surface area contributed by atoms with Gasteiger partial charge in [0.05, 0.1) is 5.69 Å². The molecule has 0 aliphatic carbocycles. The normalized spacial score (nSPS) is 11.8. The number of nitrogens with zero attached hydrogens (tertiary/aromatic N) is 2. The topological polar surface area (TPSA) is 29.9 Å². The van der Waals surface area contributed by atoms with Crippen molar-refractivity contribution in [3.8, 4) is 0 Å². The first-order valence-corrected chi connectivity index (χ1v) is 3.23. The van der Waals surface area contributed by atoms with Gasteiger partial charge in [0, 0.05) is 20.3 Å². The predicted molar refractivity (Wildman–Crippen MR) is 37.8 cm³/mol. The van der Waals surface area contributed by atoms with Gasteiger partial charge < -0.3 is 5.32 Å². The summed E-state index contributed by atoms with van der Waals surface area (Å²) in [6, 6.07) is 0. The molecule has 0 aliphatic rings. The van der Waals surface area contributed by atoms with E-state index in [-0.39, 0.29) is 5.69 Å². The number of aromatic nitrogens is 2. The number of hydrogen-bond acceptors (Lipinski definition) is 2. The highest BCUT2D eigenvalue weighted by molar-refractivity contribution is 5.46. The van der Waals surface area contributed by atoms with E-state index in [0.29, 0.717) is 0 Å². The van der Waals surface area contributed by atoms with Crippen LogP contribution in [0.1, 0.15) is 5.69 Å². The van der Waals surface area contributed by atoms with Gasteiger partial charge in [-0.15, -0.1) is 0 Å². The first-order valence-electron chi connectivity index (χ1n) is 3.23. The summed E-state index contributed by atoms with van der Waals surface area (Å²) in [6.07, 6.45) is -3.11. The van der Waals surface area contributed by atoms with E-state index in [4.69, 9.17) is 0 Å². The first kappa shape index (κ1) is 8.89. The zero-order valence-corrected chi connectivity index (χ0v) is 6.61. The SMILES string of the molecule is CNc1cn(C)nc1C(F)(F)F. The van der Waals surface area contributed by atoms with Crippen molar-refractivity contribution in [2.45, 2.75) is 6.18 Å². The van der Waals surface area contributed by atoms with E-state index in [1.54, 1.807) is 0 Å². The molecule has 6 heteroatoms. The van der Waals surface area contributed by atoms with Gasteiger partial charge >= 0.3 is 6.18 Å². The number of halogens is 3. The summed E-state index contributed by atoms with van der Waals surface area (Å²) < 4.78 is 37.5. The summed E-state index contributed by atoms with van der Waals surface area (Å²) in [5.41, 5.74) is -0.891. The molecule has 1 aromatic heterocycles. The average Bonchev–Trinajstić information content (AvgIpc) is 2.29. The smallest absolute Gasteiger partial charge is 0.385 e. The standard InChI is InChI=1S/C6H8F3N3/c1-10-4-3-12(2)11-5(4)6(7,8)9/h3,10H,1-2H3. The molecule has 0 aromatic carbocycles. The molecule has 1 rings (SSSR count).